The molecule has 5 nitrogen and oxygen atoms in total. The van der Waals surface area contributed by atoms with E-state index >= 15 is 0 Å². The van der Waals surface area contributed by atoms with E-state index in [2.05, 4.69) is 16.4 Å². The summed E-state index contributed by atoms with van der Waals surface area (Å²) < 4.78 is 2.13. The lowest BCUT2D eigenvalue weighted by atomic mass is 10.0. The minimum Gasteiger partial charge on any atom is -0.478 e. The fourth-order valence-electron chi connectivity index (χ4n) is 3.38. The van der Waals surface area contributed by atoms with Crippen molar-refractivity contribution in [2.24, 2.45) is 5.73 Å². The second-order valence-electron chi connectivity index (χ2n) is 5.49. The first-order valence-electron chi connectivity index (χ1n) is 7.46. The molecule has 0 saturated heterocycles. The molecule has 0 fully saturated rings. The lowest BCUT2D eigenvalue weighted by Crippen LogP contribution is -2.31. The van der Waals surface area contributed by atoms with Gasteiger partial charge in [-0.25, -0.2) is 4.79 Å². The summed E-state index contributed by atoms with van der Waals surface area (Å²) in [5.74, 6) is -0.874. The molecule has 0 spiro atoms. The number of carbonyl (C=O) groups is 1. The largest absolute Gasteiger partial charge is 0.478 e. The number of likely N-dealkylation sites (N-methyl/N-ethyl adjacent to an activating group) is 1. The number of nitrogens with zero attached hydrogens (tertiary/aromatic N) is 2. The summed E-state index contributed by atoms with van der Waals surface area (Å²) in [6, 6.07) is 5.55. The Bertz CT molecular complexity index is 690. The van der Waals surface area contributed by atoms with Crippen LogP contribution in [0, 0.1) is 0 Å². The monoisotopic (exact) mass is 287 g/mol. The first-order valence-corrected chi connectivity index (χ1v) is 7.46. The molecule has 0 radical (unpaired) electrons. The molecule has 0 saturated carbocycles. The summed E-state index contributed by atoms with van der Waals surface area (Å²) >= 11 is 0. The number of para-hydroxylation sites is 1. The topological polar surface area (TPSA) is 71.5 Å². The minimum absolute atomic E-state index is 0.374. The maximum atomic E-state index is 11.5. The van der Waals surface area contributed by atoms with E-state index in [0.29, 0.717) is 18.7 Å². The highest BCUT2D eigenvalue weighted by Gasteiger charge is 2.25. The zero-order valence-electron chi connectivity index (χ0n) is 12.3. The standard InChI is InChI=1S/C16H21N3O2/c1-2-18-8-6-14-13(10-18)11-4-3-5-12(16(20)21)15(11)19(14)9-7-17/h3-5H,2,6-10,17H2,1H3,(H,20,21). The molecule has 2 aromatic rings. The smallest absolute Gasteiger partial charge is 0.337 e. The molecule has 1 aromatic carbocycles. The maximum Gasteiger partial charge on any atom is 0.337 e. The van der Waals surface area contributed by atoms with Gasteiger partial charge in [0.1, 0.15) is 0 Å². The van der Waals surface area contributed by atoms with Crippen LogP contribution in [0.4, 0.5) is 0 Å². The average molecular weight is 287 g/mol. The highest BCUT2D eigenvalue weighted by atomic mass is 16.4. The molecule has 1 aliphatic heterocycles. The first-order chi connectivity index (χ1) is 10.2. The van der Waals surface area contributed by atoms with E-state index < -0.39 is 5.97 Å². The van der Waals surface area contributed by atoms with Crippen molar-refractivity contribution in [1.29, 1.82) is 0 Å². The molecule has 3 N–H and O–H groups in total. The van der Waals surface area contributed by atoms with Gasteiger partial charge in [0.15, 0.2) is 0 Å². The van der Waals surface area contributed by atoms with Crippen molar-refractivity contribution in [3.05, 3.63) is 35.0 Å². The van der Waals surface area contributed by atoms with E-state index in [1.807, 2.05) is 12.1 Å². The Morgan fingerprint density at radius 3 is 2.90 bits per heavy atom. The van der Waals surface area contributed by atoms with Gasteiger partial charge in [-0.05, 0) is 18.2 Å². The number of carboxylic acid groups (broad SMARTS) is 1. The third kappa shape index (κ3) is 2.22. The van der Waals surface area contributed by atoms with Crippen LogP contribution in [0.15, 0.2) is 18.2 Å². The van der Waals surface area contributed by atoms with Crippen LogP contribution in [-0.2, 0) is 19.5 Å². The number of carboxylic acids is 1. The molecule has 0 aliphatic carbocycles. The molecule has 0 unspecified atom stereocenters. The van der Waals surface area contributed by atoms with Crippen LogP contribution < -0.4 is 5.73 Å². The maximum absolute atomic E-state index is 11.5. The fourth-order valence-corrected chi connectivity index (χ4v) is 3.38. The van der Waals surface area contributed by atoms with Crippen molar-refractivity contribution in [3.63, 3.8) is 0 Å². The Labute approximate surface area is 124 Å². The molecule has 1 aromatic heterocycles. The van der Waals surface area contributed by atoms with Crippen LogP contribution >= 0.6 is 0 Å². The number of rotatable bonds is 4. The van der Waals surface area contributed by atoms with E-state index in [1.54, 1.807) is 6.07 Å². The Kier molecular flexibility index (Phi) is 3.69. The molecule has 3 rings (SSSR count). The van der Waals surface area contributed by atoms with Gasteiger partial charge in [0.05, 0.1) is 11.1 Å². The van der Waals surface area contributed by atoms with Crippen molar-refractivity contribution in [1.82, 2.24) is 9.47 Å². The van der Waals surface area contributed by atoms with Gasteiger partial charge < -0.3 is 15.4 Å². The third-order valence-electron chi connectivity index (χ3n) is 4.38. The van der Waals surface area contributed by atoms with Crippen molar-refractivity contribution in [3.8, 4) is 0 Å². The predicted molar refractivity (Wildman–Crippen MR) is 82.6 cm³/mol. The highest BCUT2D eigenvalue weighted by molar-refractivity contribution is 6.04. The van der Waals surface area contributed by atoms with E-state index in [4.69, 9.17) is 5.73 Å². The summed E-state index contributed by atoms with van der Waals surface area (Å²) in [6.07, 6.45) is 0.955. The van der Waals surface area contributed by atoms with E-state index in [1.165, 1.54) is 11.3 Å². The molecule has 0 bridgehead atoms. The van der Waals surface area contributed by atoms with Gasteiger partial charge in [-0.2, -0.15) is 0 Å². The van der Waals surface area contributed by atoms with Gasteiger partial charge in [0.25, 0.3) is 0 Å². The molecule has 112 valence electrons. The number of nitrogens with two attached hydrogens (primary N) is 1. The Hall–Kier alpha value is -1.85. The number of benzene rings is 1. The van der Waals surface area contributed by atoms with Crippen LogP contribution in [0.25, 0.3) is 10.9 Å². The van der Waals surface area contributed by atoms with Crippen LogP contribution in [0.3, 0.4) is 0 Å². The summed E-state index contributed by atoms with van der Waals surface area (Å²) in [5, 5.41) is 10.5. The van der Waals surface area contributed by atoms with Crippen LogP contribution in [0.5, 0.6) is 0 Å². The Morgan fingerprint density at radius 1 is 1.43 bits per heavy atom. The number of fused-ring (bicyclic) bond motifs is 3. The summed E-state index contributed by atoms with van der Waals surface area (Å²) in [6.45, 7) is 6.27. The average Bonchev–Trinajstić information content (AvgIpc) is 2.81. The van der Waals surface area contributed by atoms with Gasteiger partial charge in [0.2, 0.25) is 0 Å². The van der Waals surface area contributed by atoms with Crippen molar-refractivity contribution < 1.29 is 9.90 Å². The minimum atomic E-state index is -0.874. The third-order valence-corrected chi connectivity index (χ3v) is 4.38. The molecule has 21 heavy (non-hydrogen) atoms. The summed E-state index contributed by atoms with van der Waals surface area (Å²) in [4.78, 5) is 13.9. The highest BCUT2D eigenvalue weighted by Crippen LogP contribution is 2.32. The van der Waals surface area contributed by atoms with Gasteiger partial charge in [0, 0.05) is 43.7 Å². The van der Waals surface area contributed by atoms with Crippen LogP contribution in [0.1, 0.15) is 28.5 Å². The van der Waals surface area contributed by atoms with E-state index in [0.717, 1.165) is 37.0 Å². The zero-order chi connectivity index (χ0) is 15.0. The SMILES string of the molecule is CCN1CCc2c(c3cccc(C(=O)O)c3n2CCN)C1. The number of aromatic nitrogens is 1. The van der Waals surface area contributed by atoms with Gasteiger partial charge in [-0.1, -0.05) is 19.1 Å². The van der Waals surface area contributed by atoms with Gasteiger partial charge >= 0.3 is 5.97 Å². The Morgan fingerprint density at radius 2 is 2.24 bits per heavy atom. The number of aromatic carboxylic acids is 1. The van der Waals surface area contributed by atoms with Gasteiger partial charge in [-0.15, -0.1) is 0 Å². The summed E-state index contributed by atoms with van der Waals surface area (Å²) in [5.41, 5.74) is 9.48. The van der Waals surface area contributed by atoms with Crippen LogP contribution in [0.2, 0.25) is 0 Å². The van der Waals surface area contributed by atoms with Crippen LogP contribution in [-0.4, -0.2) is 40.2 Å². The predicted octanol–water partition coefficient (Wildman–Crippen LogP) is 1.68. The molecular weight excluding hydrogens is 266 g/mol. The summed E-state index contributed by atoms with van der Waals surface area (Å²) in [7, 11) is 0. The van der Waals surface area contributed by atoms with Gasteiger partial charge in [-0.3, -0.25) is 4.90 Å². The molecule has 2 heterocycles. The molecular formula is C16H21N3O2. The van der Waals surface area contributed by atoms with Crippen molar-refractivity contribution >= 4 is 16.9 Å². The lowest BCUT2D eigenvalue weighted by Gasteiger charge is -2.26. The second-order valence-corrected chi connectivity index (χ2v) is 5.49. The lowest BCUT2D eigenvalue weighted by molar-refractivity contribution is 0.0698. The van der Waals surface area contributed by atoms with Crippen molar-refractivity contribution in [2.75, 3.05) is 19.6 Å². The molecule has 0 amide bonds. The zero-order valence-corrected chi connectivity index (χ0v) is 12.3. The second kappa shape index (κ2) is 5.50. The fraction of sp³-hybridized carbons (Fsp3) is 0.438. The molecule has 0 atom stereocenters. The van der Waals surface area contributed by atoms with E-state index in [-0.39, 0.29) is 0 Å². The molecule has 5 heteroatoms. The van der Waals surface area contributed by atoms with E-state index in [9.17, 15) is 9.90 Å². The van der Waals surface area contributed by atoms with Crippen molar-refractivity contribution in [2.45, 2.75) is 26.4 Å². The first kappa shape index (κ1) is 14.1. The normalized spacial score (nSPS) is 15.3. The molecule has 1 aliphatic rings. The Balaban J connectivity index is 2.28. The quantitative estimate of drug-likeness (QED) is 0.897. The number of hydrogen-bond acceptors (Lipinski definition) is 3. The number of hydrogen-bond donors (Lipinski definition) is 2.